The zero-order valence-corrected chi connectivity index (χ0v) is 11.9. The SMILES string of the molecule is CCN(CC1CC1)c1n[nH]c(=S)n1C1CCCC1. The molecule has 4 nitrogen and oxygen atoms in total. The Balaban J connectivity index is 1.87. The molecule has 0 bridgehead atoms. The summed E-state index contributed by atoms with van der Waals surface area (Å²) in [5.41, 5.74) is 0. The molecule has 3 rings (SSSR count). The molecule has 0 aromatic carbocycles. The minimum absolute atomic E-state index is 0.569. The maximum Gasteiger partial charge on any atom is 0.225 e. The van der Waals surface area contributed by atoms with Gasteiger partial charge in [0.2, 0.25) is 5.95 Å². The van der Waals surface area contributed by atoms with Crippen LogP contribution in [0.1, 0.15) is 51.5 Å². The van der Waals surface area contributed by atoms with Crippen molar-refractivity contribution in [2.24, 2.45) is 5.92 Å². The highest BCUT2D eigenvalue weighted by atomic mass is 32.1. The molecule has 0 unspecified atom stereocenters. The molecule has 2 aliphatic rings. The molecule has 0 saturated heterocycles. The second-order valence-corrected chi connectivity index (χ2v) is 6.01. The molecule has 0 spiro atoms. The van der Waals surface area contributed by atoms with Gasteiger partial charge in [0.05, 0.1) is 0 Å². The van der Waals surface area contributed by atoms with Crippen LogP contribution in [0.5, 0.6) is 0 Å². The Morgan fingerprint density at radius 2 is 2.06 bits per heavy atom. The molecular weight excluding hydrogens is 244 g/mol. The van der Waals surface area contributed by atoms with E-state index in [1.165, 1.54) is 38.5 Å². The van der Waals surface area contributed by atoms with Crippen molar-refractivity contribution in [1.82, 2.24) is 14.8 Å². The topological polar surface area (TPSA) is 36.9 Å². The molecule has 0 atom stereocenters. The van der Waals surface area contributed by atoms with Crippen LogP contribution in [0.4, 0.5) is 5.95 Å². The first kappa shape index (κ1) is 12.2. The van der Waals surface area contributed by atoms with E-state index in [1.807, 2.05) is 0 Å². The molecule has 0 amide bonds. The highest BCUT2D eigenvalue weighted by Gasteiger charge is 2.28. The summed E-state index contributed by atoms with van der Waals surface area (Å²) in [6, 6.07) is 0.569. The van der Waals surface area contributed by atoms with Crippen molar-refractivity contribution in [2.75, 3.05) is 18.0 Å². The van der Waals surface area contributed by atoms with Crippen molar-refractivity contribution < 1.29 is 0 Å². The Bertz CT molecular complexity index is 454. The second kappa shape index (κ2) is 5.03. The van der Waals surface area contributed by atoms with E-state index in [2.05, 4.69) is 26.6 Å². The van der Waals surface area contributed by atoms with Crippen LogP contribution in [0.15, 0.2) is 0 Å². The van der Waals surface area contributed by atoms with Gasteiger partial charge >= 0.3 is 0 Å². The van der Waals surface area contributed by atoms with Crippen LogP contribution in [0.2, 0.25) is 0 Å². The van der Waals surface area contributed by atoms with E-state index in [0.29, 0.717) is 6.04 Å². The number of anilines is 1. The fraction of sp³-hybridized carbons (Fsp3) is 0.846. The van der Waals surface area contributed by atoms with Crippen molar-refractivity contribution >= 4 is 18.2 Å². The number of aromatic amines is 1. The molecule has 2 aliphatic carbocycles. The maximum atomic E-state index is 5.42. The third-order valence-electron chi connectivity index (χ3n) is 4.22. The Kier molecular flexibility index (Phi) is 3.41. The van der Waals surface area contributed by atoms with Crippen LogP contribution in [-0.4, -0.2) is 27.9 Å². The molecule has 100 valence electrons. The van der Waals surface area contributed by atoms with E-state index in [9.17, 15) is 0 Å². The first-order valence-electron chi connectivity index (χ1n) is 7.21. The highest BCUT2D eigenvalue weighted by molar-refractivity contribution is 7.71. The molecule has 5 heteroatoms. The Hall–Kier alpha value is -0.840. The molecule has 1 aromatic heterocycles. The van der Waals surface area contributed by atoms with Crippen LogP contribution >= 0.6 is 12.2 Å². The van der Waals surface area contributed by atoms with Gasteiger partial charge in [-0.3, -0.25) is 4.57 Å². The standard InChI is InChI=1S/C13H22N4S/c1-2-16(9-10-7-8-10)12-14-15-13(18)17(12)11-5-3-4-6-11/h10-11H,2-9H2,1H3,(H,15,18). The zero-order chi connectivity index (χ0) is 12.5. The third-order valence-corrected chi connectivity index (χ3v) is 4.50. The minimum atomic E-state index is 0.569. The molecule has 2 fully saturated rings. The summed E-state index contributed by atoms with van der Waals surface area (Å²) in [6.07, 6.45) is 7.91. The fourth-order valence-electron chi connectivity index (χ4n) is 2.98. The van der Waals surface area contributed by atoms with Gasteiger partial charge in [-0.1, -0.05) is 12.8 Å². The van der Waals surface area contributed by atoms with Crippen LogP contribution < -0.4 is 4.90 Å². The number of nitrogens with one attached hydrogen (secondary N) is 1. The van der Waals surface area contributed by atoms with Gasteiger partial charge in [-0.05, 0) is 50.7 Å². The summed E-state index contributed by atoms with van der Waals surface area (Å²) in [6.45, 7) is 4.37. The Morgan fingerprint density at radius 3 is 2.67 bits per heavy atom. The van der Waals surface area contributed by atoms with Gasteiger partial charge in [0.25, 0.3) is 0 Å². The maximum absolute atomic E-state index is 5.42. The third kappa shape index (κ3) is 2.32. The molecule has 18 heavy (non-hydrogen) atoms. The lowest BCUT2D eigenvalue weighted by atomic mass is 10.2. The van der Waals surface area contributed by atoms with Crippen molar-refractivity contribution in [3.8, 4) is 0 Å². The van der Waals surface area contributed by atoms with E-state index < -0.39 is 0 Å². The molecule has 0 aliphatic heterocycles. The largest absolute Gasteiger partial charge is 0.341 e. The summed E-state index contributed by atoms with van der Waals surface area (Å²) in [7, 11) is 0. The lowest BCUT2D eigenvalue weighted by Crippen LogP contribution is -2.29. The number of hydrogen-bond acceptors (Lipinski definition) is 3. The predicted molar refractivity (Wildman–Crippen MR) is 75.5 cm³/mol. The summed E-state index contributed by atoms with van der Waals surface area (Å²) >= 11 is 5.42. The number of nitrogens with zero attached hydrogens (tertiary/aromatic N) is 3. The quantitative estimate of drug-likeness (QED) is 0.831. The number of hydrogen-bond donors (Lipinski definition) is 1. The van der Waals surface area contributed by atoms with Gasteiger partial charge in [0.1, 0.15) is 0 Å². The van der Waals surface area contributed by atoms with Crippen LogP contribution in [0, 0.1) is 10.7 Å². The average molecular weight is 266 g/mol. The van der Waals surface area contributed by atoms with Gasteiger partial charge in [-0.25, -0.2) is 5.10 Å². The van der Waals surface area contributed by atoms with Crippen LogP contribution in [0.3, 0.4) is 0 Å². The number of aromatic nitrogens is 3. The van der Waals surface area contributed by atoms with E-state index in [1.54, 1.807) is 0 Å². The van der Waals surface area contributed by atoms with Gasteiger partial charge < -0.3 is 4.90 Å². The smallest absolute Gasteiger partial charge is 0.225 e. The number of H-pyrrole nitrogens is 1. The Labute approximate surface area is 113 Å². The molecule has 1 N–H and O–H groups in total. The minimum Gasteiger partial charge on any atom is -0.341 e. The number of rotatable bonds is 5. The molecule has 0 radical (unpaired) electrons. The lowest BCUT2D eigenvalue weighted by Gasteiger charge is -2.24. The second-order valence-electron chi connectivity index (χ2n) is 5.62. The van der Waals surface area contributed by atoms with E-state index >= 15 is 0 Å². The first-order valence-corrected chi connectivity index (χ1v) is 7.62. The van der Waals surface area contributed by atoms with Crippen molar-refractivity contribution in [2.45, 2.75) is 51.5 Å². The molecule has 1 aromatic rings. The van der Waals surface area contributed by atoms with Gasteiger partial charge in [0, 0.05) is 19.1 Å². The Morgan fingerprint density at radius 1 is 1.33 bits per heavy atom. The van der Waals surface area contributed by atoms with Crippen molar-refractivity contribution in [3.63, 3.8) is 0 Å². The lowest BCUT2D eigenvalue weighted by molar-refractivity contribution is 0.504. The molecular formula is C13H22N4S. The molecule has 2 saturated carbocycles. The van der Waals surface area contributed by atoms with Gasteiger partial charge in [0.15, 0.2) is 4.77 Å². The van der Waals surface area contributed by atoms with E-state index in [0.717, 1.165) is 29.7 Å². The summed E-state index contributed by atoms with van der Waals surface area (Å²) in [4.78, 5) is 2.39. The molecule has 1 heterocycles. The summed E-state index contributed by atoms with van der Waals surface area (Å²) in [5.74, 6) is 1.95. The van der Waals surface area contributed by atoms with Crippen molar-refractivity contribution in [3.05, 3.63) is 4.77 Å². The average Bonchev–Trinajstić information content (AvgIpc) is 2.88. The normalized spacial score (nSPS) is 20.5. The summed E-state index contributed by atoms with van der Waals surface area (Å²) in [5, 5.41) is 7.48. The monoisotopic (exact) mass is 266 g/mol. The predicted octanol–water partition coefficient (Wildman–Crippen LogP) is 3.29. The van der Waals surface area contributed by atoms with Crippen molar-refractivity contribution in [1.29, 1.82) is 0 Å². The van der Waals surface area contributed by atoms with Crippen LogP contribution in [-0.2, 0) is 0 Å². The zero-order valence-electron chi connectivity index (χ0n) is 11.1. The van der Waals surface area contributed by atoms with Gasteiger partial charge in [-0.15, -0.1) is 5.10 Å². The summed E-state index contributed by atoms with van der Waals surface area (Å²) < 4.78 is 3.07. The van der Waals surface area contributed by atoms with Gasteiger partial charge in [-0.2, -0.15) is 0 Å². The van der Waals surface area contributed by atoms with E-state index in [-0.39, 0.29) is 0 Å². The van der Waals surface area contributed by atoms with E-state index in [4.69, 9.17) is 12.2 Å². The fourth-order valence-corrected chi connectivity index (χ4v) is 3.25. The first-order chi connectivity index (χ1) is 8.79. The van der Waals surface area contributed by atoms with Crippen LogP contribution in [0.25, 0.3) is 0 Å². The highest BCUT2D eigenvalue weighted by Crippen LogP contribution is 2.35.